The molecule has 0 N–H and O–H groups in total. The van der Waals surface area contributed by atoms with Gasteiger partial charge >= 0.3 is 0 Å². The summed E-state index contributed by atoms with van der Waals surface area (Å²) in [5.41, 5.74) is 1.60. The normalized spacial score (nSPS) is 14.6. The standard InChI is InChI=1S/C14H21N3O2/c1-10(2)4-6-17-9-15-13-8-16(11(3)18)7-5-12(13)14(17)19/h9-10H,4-8H2,1-3H3. The zero-order valence-electron chi connectivity index (χ0n) is 11.8. The van der Waals surface area contributed by atoms with E-state index in [-0.39, 0.29) is 11.5 Å². The Morgan fingerprint density at radius 3 is 2.84 bits per heavy atom. The van der Waals surface area contributed by atoms with Gasteiger partial charge in [-0.15, -0.1) is 0 Å². The Kier molecular flexibility index (Phi) is 4.02. The molecule has 0 spiro atoms. The van der Waals surface area contributed by atoms with Gasteiger partial charge in [0.25, 0.3) is 5.56 Å². The van der Waals surface area contributed by atoms with E-state index in [2.05, 4.69) is 18.8 Å². The van der Waals surface area contributed by atoms with Gasteiger partial charge in [0.05, 0.1) is 18.6 Å². The Bertz CT molecular complexity index is 534. The molecule has 0 fully saturated rings. The van der Waals surface area contributed by atoms with Crippen molar-refractivity contribution in [2.75, 3.05) is 6.54 Å². The van der Waals surface area contributed by atoms with Crippen molar-refractivity contribution in [1.82, 2.24) is 14.5 Å². The van der Waals surface area contributed by atoms with Crippen LogP contribution >= 0.6 is 0 Å². The van der Waals surface area contributed by atoms with Gasteiger partial charge in [-0.2, -0.15) is 0 Å². The van der Waals surface area contributed by atoms with E-state index in [0.717, 1.165) is 17.7 Å². The number of nitrogens with zero attached hydrogens (tertiary/aromatic N) is 3. The zero-order chi connectivity index (χ0) is 14.0. The first-order chi connectivity index (χ1) is 8.99. The largest absolute Gasteiger partial charge is 0.337 e. The summed E-state index contributed by atoms with van der Waals surface area (Å²) < 4.78 is 1.70. The number of hydrogen-bond acceptors (Lipinski definition) is 3. The van der Waals surface area contributed by atoms with Gasteiger partial charge < -0.3 is 4.90 Å². The minimum atomic E-state index is 0.0384. The maximum Gasteiger partial charge on any atom is 0.256 e. The van der Waals surface area contributed by atoms with Crippen molar-refractivity contribution in [1.29, 1.82) is 0 Å². The second-order valence-corrected chi connectivity index (χ2v) is 5.54. The molecule has 1 aromatic heterocycles. The Balaban J connectivity index is 2.22. The molecule has 5 nitrogen and oxygen atoms in total. The Hall–Kier alpha value is -1.65. The minimum Gasteiger partial charge on any atom is -0.337 e. The summed E-state index contributed by atoms with van der Waals surface area (Å²) in [4.78, 5) is 29.8. The van der Waals surface area contributed by atoms with Crippen LogP contribution in [0, 0.1) is 5.92 Å². The van der Waals surface area contributed by atoms with Crippen LogP contribution in [0.1, 0.15) is 38.4 Å². The highest BCUT2D eigenvalue weighted by molar-refractivity contribution is 5.73. The molecule has 0 saturated carbocycles. The van der Waals surface area contributed by atoms with E-state index in [1.54, 1.807) is 22.7 Å². The maximum absolute atomic E-state index is 12.3. The van der Waals surface area contributed by atoms with Crippen LogP contribution in [0.4, 0.5) is 0 Å². The molecule has 0 atom stereocenters. The van der Waals surface area contributed by atoms with Gasteiger partial charge in [-0.3, -0.25) is 14.2 Å². The van der Waals surface area contributed by atoms with Crippen molar-refractivity contribution in [3.8, 4) is 0 Å². The summed E-state index contributed by atoms with van der Waals surface area (Å²) in [6, 6.07) is 0. The fourth-order valence-corrected chi connectivity index (χ4v) is 2.29. The lowest BCUT2D eigenvalue weighted by atomic mass is 10.1. The van der Waals surface area contributed by atoms with Crippen LogP contribution < -0.4 is 5.56 Å². The van der Waals surface area contributed by atoms with Crippen LogP contribution in [0.2, 0.25) is 0 Å². The lowest BCUT2D eigenvalue weighted by molar-refractivity contribution is -0.129. The lowest BCUT2D eigenvalue weighted by Crippen LogP contribution is -2.39. The van der Waals surface area contributed by atoms with Crippen molar-refractivity contribution in [2.24, 2.45) is 5.92 Å². The van der Waals surface area contributed by atoms with Gasteiger partial charge in [-0.05, 0) is 18.8 Å². The summed E-state index contributed by atoms with van der Waals surface area (Å²) in [7, 11) is 0. The fourth-order valence-electron chi connectivity index (χ4n) is 2.29. The Morgan fingerprint density at radius 1 is 1.47 bits per heavy atom. The molecule has 1 aliphatic heterocycles. The van der Waals surface area contributed by atoms with Gasteiger partial charge in [-0.25, -0.2) is 4.98 Å². The number of aromatic nitrogens is 2. The zero-order valence-corrected chi connectivity index (χ0v) is 11.8. The van der Waals surface area contributed by atoms with E-state index in [0.29, 0.717) is 32.0 Å². The molecule has 0 aromatic carbocycles. The smallest absolute Gasteiger partial charge is 0.256 e. The van der Waals surface area contributed by atoms with E-state index in [9.17, 15) is 9.59 Å². The van der Waals surface area contributed by atoms with Gasteiger partial charge in [0.1, 0.15) is 0 Å². The van der Waals surface area contributed by atoms with Crippen LogP contribution in [-0.2, 0) is 24.3 Å². The molecule has 0 radical (unpaired) electrons. The van der Waals surface area contributed by atoms with Gasteiger partial charge in [-0.1, -0.05) is 13.8 Å². The first-order valence-electron chi connectivity index (χ1n) is 6.81. The average molecular weight is 263 g/mol. The molecule has 5 heteroatoms. The minimum absolute atomic E-state index is 0.0384. The quantitative estimate of drug-likeness (QED) is 0.823. The molecule has 19 heavy (non-hydrogen) atoms. The first kappa shape index (κ1) is 13.8. The SMILES string of the molecule is CC(=O)N1CCc2c(ncn(CCC(C)C)c2=O)C1. The summed E-state index contributed by atoms with van der Waals surface area (Å²) in [6.45, 7) is 7.63. The van der Waals surface area contributed by atoms with Crippen LogP contribution in [-0.4, -0.2) is 26.9 Å². The van der Waals surface area contributed by atoms with Crippen molar-refractivity contribution < 1.29 is 4.79 Å². The highest BCUT2D eigenvalue weighted by Gasteiger charge is 2.22. The third kappa shape index (κ3) is 3.03. The lowest BCUT2D eigenvalue weighted by Gasteiger charge is -2.27. The van der Waals surface area contributed by atoms with Gasteiger partial charge in [0.2, 0.25) is 5.91 Å². The first-order valence-corrected chi connectivity index (χ1v) is 6.81. The number of carbonyl (C=O) groups excluding carboxylic acids is 1. The van der Waals surface area contributed by atoms with E-state index in [4.69, 9.17) is 0 Å². The second kappa shape index (κ2) is 5.55. The van der Waals surface area contributed by atoms with Crippen LogP contribution in [0.5, 0.6) is 0 Å². The Morgan fingerprint density at radius 2 is 2.21 bits per heavy atom. The number of aryl methyl sites for hydroxylation is 1. The molecule has 1 aliphatic rings. The van der Waals surface area contributed by atoms with E-state index in [1.165, 1.54) is 0 Å². The predicted molar refractivity (Wildman–Crippen MR) is 72.7 cm³/mol. The van der Waals surface area contributed by atoms with E-state index in [1.807, 2.05) is 0 Å². The molecule has 2 heterocycles. The molecule has 0 unspecified atom stereocenters. The molecule has 1 aromatic rings. The predicted octanol–water partition coefficient (Wildman–Crippen LogP) is 1.19. The fraction of sp³-hybridized carbons (Fsp3) is 0.643. The summed E-state index contributed by atoms with van der Waals surface area (Å²) >= 11 is 0. The summed E-state index contributed by atoms with van der Waals surface area (Å²) in [6.07, 6.45) is 3.20. The molecule has 0 saturated heterocycles. The van der Waals surface area contributed by atoms with Gasteiger partial charge in [0, 0.05) is 25.6 Å². The number of hydrogen-bond donors (Lipinski definition) is 0. The van der Waals surface area contributed by atoms with Crippen molar-refractivity contribution in [2.45, 2.75) is 46.7 Å². The number of fused-ring (bicyclic) bond motifs is 1. The number of carbonyl (C=O) groups is 1. The van der Waals surface area contributed by atoms with Gasteiger partial charge in [0.15, 0.2) is 0 Å². The third-order valence-electron chi connectivity index (χ3n) is 3.59. The van der Waals surface area contributed by atoms with Crippen molar-refractivity contribution >= 4 is 5.91 Å². The van der Waals surface area contributed by atoms with E-state index >= 15 is 0 Å². The van der Waals surface area contributed by atoms with Crippen molar-refractivity contribution in [3.05, 3.63) is 27.9 Å². The van der Waals surface area contributed by atoms with Crippen LogP contribution in [0.3, 0.4) is 0 Å². The maximum atomic E-state index is 12.3. The number of amides is 1. The molecular formula is C14H21N3O2. The highest BCUT2D eigenvalue weighted by Crippen LogP contribution is 2.13. The van der Waals surface area contributed by atoms with Crippen LogP contribution in [0.15, 0.2) is 11.1 Å². The summed E-state index contributed by atoms with van der Waals surface area (Å²) in [5, 5.41) is 0. The monoisotopic (exact) mass is 263 g/mol. The molecule has 0 bridgehead atoms. The van der Waals surface area contributed by atoms with E-state index < -0.39 is 0 Å². The van der Waals surface area contributed by atoms with Crippen molar-refractivity contribution in [3.63, 3.8) is 0 Å². The molecule has 0 aliphatic carbocycles. The highest BCUT2D eigenvalue weighted by atomic mass is 16.2. The topological polar surface area (TPSA) is 55.2 Å². The summed E-state index contributed by atoms with van der Waals surface area (Å²) in [5.74, 6) is 0.604. The molecule has 1 amide bonds. The van der Waals surface area contributed by atoms with Crippen LogP contribution in [0.25, 0.3) is 0 Å². The molecule has 2 rings (SSSR count). The third-order valence-corrected chi connectivity index (χ3v) is 3.59. The second-order valence-electron chi connectivity index (χ2n) is 5.54. The average Bonchev–Trinajstić information content (AvgIpc) is 2.37. The molecule has 104 valence electrons. The number of rotatable bonds is 3. The Labute approximate surface area is 113 Å². The molecular weight excluding hydrogens is 242 g/mol.